The number of amides is 2. The van der Waals surface area contributed by atoms with Crippen LogP contribution >= 0.6 is 11.6 Å². The van der Waals surface area contributed by atoms with E-state index in [4.69, 9.17) is 11.6 Å². The highest BCUT2D eigenvalue weighted by Gasteiger charge is 2.34. The van der Waals surface area contributed by atoms with Gasteiger partial charge in [0.15, 0.2) is 0 Å². The first kappa shape index (κ1) is 16.3. The van der Waals surface area contributed by atoms with Gasteiger partial charge in [-0.3, -0.25) is 14.4 Å². The van der Waals surface area contributed by atoms with Crippen molar-refractivity contribution in [2.45, 2.75) is 12.5 Å². The van der Waals surface area contributed by atoms with Crippen LogP contribution in [0, 0.1) is 0 Å². The lowest BCUT2D eigenvalue weighted by Crippen LogP contribution is -2.41. The number of nitrogens with one attached hydrogen (secondary N) is 1. The largest absolute Gasteiger partial charge is 0.340 e. The van der Waals surface area contributed by atoms with Crippen molar-refractivity contribution in [3.8, 4) is 0 Å². The van der Waals surface area contributed by atoms with E-state index in [1.165, 1.54) is 22.9 Å². The fourth-order valence-electron chi connectivity index (χ4n) is 2.69. The van der Waals surface area contributed by atoms with Crippen molar-refractivity contribution < 1.29 is 9.59 Å². The summed E-state index contributed by atoms with van der Waals surface area (Å²) in [6.07, 6.45) is 1.95. The van der Waals surface area contributed by atoms with Gasteiger partial charge in [-0.2, -0.15) is 0 Å². The molecule has 7 heteroatoms. The summed E-state index contributed by atoms with van der Waals surface area (Å²) in [6.45, 7) is 0.487. The fraction of sp³-hybridized carbons (Fsp3) is 0.235. The van der Waals surface area contributed by atoms with E-state index in [0.717, 1.165) is 0 Å². The number of carbonyl (C=O) groups is 2. The fourth-order valence-corrected chi connectivity index (χ4v) is 2.93. The SMILES string of the molecule is Cn1cc(C(=O)N[C@H]2CCN(c3ccccc3Cl)C2=O)ccc1=O. The summed E-state index contributed by atoms with van der Waals surface area (Å²) in [4.78, 5) is 37.8. The molecule has 1 aliphatic rings. The molecule has 0 unspecified atom stereocenters. The summed E-state index contributed by atoms with van der Waals surface area (Å²) in [5.41, 5.74) is 0.775. The molecular formula is C17H16ClN3O3. The van der Waals surface area contributed by atoms with Crippen LogP contribution in [0.4, 0.5) is 5.69 Å². The van der Waals surface area contributed by atoms with Crippen molar-refractivity contribution in [1.82, 2.24) is 9.88 Å². The minimum Gasteiger partial charge on any atom is -0.340 e. The standard InChI is InChI=1S/C17H16ClN3O3/c1-20-10-11(6-7-15(20)22)16(23)19-13-8-9-21(17(13)24)14-5-3-2-4-12(14)18/h2-7,10,13H,8-9H2,1H3,(H,19,23)/t13-/m0/s1. The molecule has 1 fully saturated rings. The van der Waals surface area contributed by atoms with Gasteiger partial charge in [-0.15, -0.1) is 0 Å². The van der Waals surface area contributed by atoms with Crippen molar-refractivity contribution in [2.75, 3.05) is 11.4 Å². The predicted octanol–water partition coefficient (Wildman–Crippen LogP) is 1.57. The lowest BCUT2D eigenvalue weighted by molar-refractivity contribution is -0.118. The number of hydrogen-bond donors (Lipinski definition) is 1. The Balaban J connectivity index is 1.74. The van der Waals surface area contributed by atoms with Gasteiger partial charge in [-0.05, 0) is 24.6 Å². The van der Waals surface area contributed by atoms with Crippen LogP contribution in [0.5, 0.6) is 0 Å². The number of anilines is 1. The maximum absolute atomic E-state index is 12.5. The van der Waals surface area contributed by atoms with Crippen molar-refractivity contribution in [3.05, 3.63) is 63.5 Å². The van der Waals surface area contributed by atoms with Crippen LogP contribution < -0.4 is 15.8 Å². The van der Waals surface area contributed by atoms with Gasteiger partial charge in [-0.25, -0.2) is 0 Å². The number of pyridine rings is 1. The highest BCUT2D eigenvalue weighted by atomic mass is 35.5. The Morgan fingerprint density at radius 1 is 1.21 bits per heavy atom. The molecule has 1 aromatic heterocycles. The highest BCUT2D eigenvalue weighted by Crippen LogP contribution is 2.29. The number of nitrogens with zero attached hydrogens (tertiary/aromatic N) is 2. The van der Waals surface area contributed by atoms with Crippen LogP contribution in [-0.2, 0) is 11.8 Å². The summed E-state index contributed by atoms with van der Waals surface area (Å²) in [5, 5.41) is 3.22. The minimum absolute atomic E-state index is 0.193. The van der Waals surface area contributed by atoms with E-state index in [1.807, 2.05) is 6.07 Å². The van der Waals surface area contributed by atoms with E-state index >= 15 is 0 Å². The Labute approximate surface area is 143 Å². The third-order valence-corrected chi connectivity index (χ3v) is 4.32. The number of aryl methyl sites for hydroxylation is 1. The summed E-state index contributed by atoms with van der Waals surface area (Å²) >= 11 is 6.14. The predicted molar refractivity (Wildman–Crippen MR) is 91.4 cm³/mol. The molecule has 0 radical (unpaired) electrons. The number of halogens is 1. The number of rotatable bonds is 3. The van der Waals surface area contributed by atoms with Gasteiger partial charge in [0.1, 0.15) is 6.04 Å². The van der Waals surface area contributed by atoms with Gasteiger partial charge < -0.3 is 14.8 Å². The van der Waals surface area contributed by atoms with Crippen LogP contribution in [0.3, 0.4) is 0 Å². The summed E-state index contributed by atoms with van der Waals surface area (Å²) in [7, 11) is 1.57. The normalized spacial score (nSPS) is 17.2. The smallest absolute Gasteiger partial charge is 0.253 e. The molecule has 124 valence electrons. The van der Waals surface area contributed by atoms with Crippen molar-refractivity contribution >= 4 is 29.1 Å². The van der Waals surface area contributed by atoms with Crippen molar-refractivity contribution in [3.63, 3.8) is 0 Å². The van der Waals surface area contributed by atoms with Crippen LogP contribution in [-0.4, -0.2) is 29.0 Å². The van der Waals surface area contributed by atoms with Gasteiger partial charge in [-0.1, -0.05) is 23.7 Å². The maximum Gasteiger partial charge on any atom is 0.253 e. The Morgan fingerprint density at radius 3 is 2.67 bits per heavy atom. The monoisotopic (exact) mass is 345 g/mol. The first-order valence-electron chi connectivity index (χ1n) is 7.51. The van der Waals surface area contributed by atoms with Crippen molar-refractivity contribution in [2.24, 2.45) is 7.05 Å². The number of benzene rings is 1. The molecule has 6 nitrogen and oxygen atoms in total. The number of carbonyl (C=O) groups excluding carboxylic acids is 2. The van der Waals surface area contributed by atoms with Gasteiger partial charge in [0.25, 0.3) is 5.91 Å². The average molecular weight is 346 g/mol. The molecule has 2 heterocycles. The lowest BCUT2D eigenvalue weighted by Gasteiger charge is -2.18. The first-order valence-corrected chi connectivity index (χ1v) is 7.88. The molecule has 0 saturated carbocycles. The zero-order chi connectivity index (χ0) is 17.3. The van der Waals surface area contributed by atoms with Crippen LogP contribution in [0.25, 0.3) is 0 Å². The molecular weight excluding hydrogens is 330 g/mol. The molecule has 2 aromatic rings. The second kappa shape index (κ2) is 6.49. The van der Waals surface area contributed by atoms with E-state index in [2.05, 4.69) is 5.32 Å². The number of para-hydroxylation sites is 1. The van der Waals surface area contributed by atoms with Crippen molar-refractivity contribution in [1.29, 1.82) is 0 Å². The summed E-state index contributed by atoms with van der Waals surface area (Å²) in [6, 6.07) is 9.27. The Kier molecular flexibility index (Phi) is 4.40. The van der Waals surface area contributed by atoms with E-state index in [9.17, 15) is 14.4 Å². The molecule has 1 aromatic carbocycles. The molecule has 0 bridgehead atoms. The highest BCUT2D eigenvalue weighted by molar-refractivity contribution is 6.34. The molecule has 0 aliphatic carbocycles. The Bertz CT molecular complexity index is 862. The second-order valence-corrected chi connectivity index (χ2v) is 6.03. The van der Waals surface area contributed by atoms with Crippen LogP contribution in [0.15, 0.2) is 47.4 Å². The molecule has 1 N–H and O–H groups in total. The molecule has 1 atom stereocenters. The molecule has 24 heavy (non-hydrogen) atoms. The topological polar surface area (TPSA) is 71.4 Å². The van der Waals surface area contributed by atoms with E-state index in [0.29, 0.717) is 29.2 Å². The van der Waals surface area contributed by atoms with Gasteiger partial charge in [0.2, 0.25) is 11.5 Å². The molecule has 3 rings (SSSR count). The molecule has 1 saturated heterocycles. The third kappa shape index (κ3) is 3.05. The minimum atomic E-state index is -0.606. The number of aromatic nitrogens is 1. The van der Waals surface area contributed by atoms with Gasteiger partial charge in [0, 0.05) is 25.9 Å². The van der Waals surface area contributed by atoms with E-state index in [1.54, 1.807) is 30.1 Å². The summed E-state index contributed by atoms with van der Waals surface area (Å²) < 4.78 is 1.32. The quantitative estimate of drug-likeness (QED) is 0.918. The van der Waals surface area contributed by atoms with Gasteiger partial charge >= 0.3 is 0 Å². The zero-order valence-electron chi connectivity index (χ0n) is 13.0. The summed E-state index contributed by atoms with van der Waals surface area (Å²) in [5.74, 6) is -0.578. The zero-order valence-corrected chi connectivity index (χ0v) is 13.8. The van der Waals surface area contributed by atoms with Gasteiger partial charge in [0.05, 0.1) is 16.3 Å². The van der Waals surface area contributed by atoms with Crippen LogP contribution in [0.2, 0.25) is 5.02 Å². The lowest BCUT2D eigenvalue weighted by atomic mass is 10.2. The van der Waals surface area contributed by atoms with Crippen LogP contribution in [0.1, 0.15) is 16.8 Å². The Morgan fingerprint density at radius 2 is 1.96 bits per heavy atom. The second-order valence-electron chi connectivity index (χ2n) is 5.62. The molecule has 0 spiro atoms. The molecule has 2 amide bonds. The third-order valence-electron chi connectivity index (χ3n) is 4.00. The number of hydrogen-bond acceptors (Lipinski definition) is 3. The Hall–Kier alpha value is -2.60. The maximum atomic E-state index is 12.5. The average Bonchev–Trinajstić information content (AvgIpc) is 2.91. The molecule has 1 aliphatic heterocycles. The van der Waals surface area contributed by atoms with E-state index < -0.39 is 6.04 Å². The van der Waals surface area contributed by atoms with E-state index in [-0.39, 0.29) is 17.4 Å². The first-order chi connectivity index (χ1) is 11.5.